The Hall–Kier alpha value is -3.46. The summed E-state index contributed by atoms with van der Waals surface area (Å²) in [5, 5.41) is 12.4. The van der Waals surface area contributed by atoms with Crippen LogP contribution in [-0.2, 0) is 4.79 Å². The van der Waals surface area contributed by atoms with Crippen LogP contribution in [0.15, 0.2) is 47.6 Å². The number of thioether (sulfide) groups is 1. The first-order valence-corrected chi connectivity index (χ1v) is 12.5. The van der Waals surface area contributed by atoms with Crippen LogP contribution in [0.2, 0.25) is 0 Å². The second kappa shape index (κ2) is 8.39. The van der Waals surface area contributed by atoms with Crippen molar-refractivity contribution >= 4 is 40.9 Å². The molecular formula is C25H23N5O3S. The van der Waals surface area contributed by atoms with Crippen LogP contribution >= 0.6 is 11.8 Å². The zero-order valence-electron chi connectivity index (χ0n) is 18.5. The Morgan fingerprint density at radius 3 is 2.32 bits per heavy atom. The highest BCUT2D eigenvalue weighted by Gasteiger charge is 2.33. The quantitative estimate of drug-likeness (QED) is 0.426. The zero-order valence-corrected chi connectivity index (χ0v) is 19.3. The van der Waals surface area contributed by atoms with Gasteiger partial charge in [-0.2, -0.15) is 0 Å². The summed E-state index contributed by atoms with van der Waals surface area (Å²) in [6.07, 6.45) is 4.57. The summed E-state index contributed by atoms with van der Waals surface area (Å²) in [6.45, 7) is 2.00. The van der Waals surface area contributed by atoms with Crippen LogP contribution < -0.4 is 10.2 Å². The summed E-state index contributed by atoms with van der Waals surface area (Å²) in [6, 6.07) is 12.1. The van der Waals surface area contributed by atoms with Gasteiger partial charge in [0, 0.05) is 47.1 Å². The first-order chi connectivity index (χ1) is 16.6. The molecule has 2 heterocycles. The lowest BCUT2D eigenvalue weighted by Crippen LogP contribution is -2.22. The normalized spacial score (nSPS) is 17.0. The lowest BCUT2D eigenvalue weighted by molar-refractivity contribution is -0.113. The predicted molar refractivity (Wildman–Crippen MR) is 129 cm³/mol. The van der Waals surface area contributed by atoms with E-state index in [-0.39, 0.29) is 23.2 Å². The third kappa shape index (κ3) is 3.69. The van der Waals surface area contributed by atoms with Gasteiger partial charge in [-0.15, -0.1) is 10.2 Å². The van der Waals surface area contributed by atoms with Crippen LogP contribution in [0.3, 0.4) is 0 Å². The highest BCUT2D eigenvalue weighted by molar-refractivity contribution is 7.99. The van der Waals surface area contributed by atoms with Crippen molar-refractivity contribution in [1.29, 1.82) is 0 Å². The van der Waals surface area contributed by atoms with Gasteiger partial charge in [-0.3, -0.25) is 19.0 Å². The minimum absolute atomic E-state index is 0.174. The van der Waals surface area contributed by atoms with Crippen molar-refractivity contribution in [3.8, 4) is 0 Å². The molecule has 3 aromatic rings. The lowest BCUT2D eigenvalue weighted by Gasteiger charge is -2.18. The van der Waals surface area contributed by atoms with Gasteiger partial charge in [0.25, 0.3) is 0 Å². The third-order valence-electron chi connectivity index (χ3n) is 6.49. The van der Waals surface area contributed by atoms with Gasteiger partial charge in [0.05, 0.1) is 5.75 Å². The van der Waals surface area contributed by atoms with Gasteiger partial charge >= 0.3 is 0 Å². The molecule has 0 radical (unpaired) electrons. The van der Waals surface area contributed by atoms with Crippen molar-refractivity contribution in [3.05, 3.63) is 64.7 Å². The summed E-state index contributed by atoms with van der Waals surface area (Å²) in [7, 11) is 0. The van der Waals surface area contributed by atoms with Crippen molar-refractivity contribution in [1.82, 2.24) is 14.8 Å². The van der Waals surface area contributed by atoms with Crippen molar-refractivity contribution in [3.63, 3.8) is 0 Å². The van der Waals surface area contributed by atoms with Gasteiger partial charge in [-0.05, 0) is 43.9 Å². The molecule has 9 heteroatoms. The molecule has 0 unspecified atom stereocenters. The Morgan fingerprint density at radius 1 is 0.941 bits per heavy atom. The van der Waals surface area contributed by atoms with Crippen molar-refractivity contribution in [2.45, 2.75) is 36.9 Å². The van der Waals surface area contributed by atoms with Crippen molar-refractivity contribution in [2.75, 3.05) is 29.1 Å². The fourth-order valence-corrected chi connectivity index (χ4v) is 5.46. The lowest BCUT2D eigenvalue weighted by atomic mass is 9.84. The molecule has 0 spiro atoms. The topological polar surface area (TPSA) is 97.2 Å². The Bertz CT molecular complexity index is 1320. The number of ketones is 2. The third-order valence-corrected chi connectivity index (χ3v) is 7.43. The zero-order chi connectivity index (χ0) is 23.2. The maximum absolute atomic E-state index is 12.9. The summed E-state index contributed by atoms with van der Waals surface area (Å²) in [4.78, 5) is 40.7. The molecule has 34 heavy (non-hydrogen) atoms. The number of hydrogen-bond donors (Lipinski definition) is 1. The average molecular weight is 474 g/mol. The van der Waals surface area contributed by atoms with E-state index in [1.807, 2.05) is 0 Å². The van der Waals surface area contributed by atoms with Crippen LogP contribution in [0.25, 0.3) is 0 Å². The Morgan fingerprint density at radius 2 is 1.62 bits per heavy atom. The van der Waals surface area contributed by atoms with Gasteiger partial charge in [0.15, 0.2) is 16.7 Å². The molecule has 1 aromatic heterocycles. The number of aromatic nitrogens is 3. The van der Waals surface area contributed by atoms with Gasteiger partial charge in [0.1, 0.15) is 0 Å². The number of nitrogens with one attached hydrogen (secondary N) is 1. The molecule has 3 aliphatic rings. The molecule has 0 atom stereocenters. The number of carbonyl (C=O) groups excluding carboxylic acids is 3. The first kappa shape index (κ1) is 21.1. The van der Waals surface area contributed by atoms with Gasteiger partial charge in [0.2, 0.25) is 11.9 Å². The largest absolute Gasteiger partial charge is 0.341 e. The molecule has 6 rings (SSSR count). The van der Waals surface area contributed by atoms with E-state index in [0.717, 1.165) is 37.0 Å². The SMILES string of the molecule is O=C(CSc1nnc(N2CCCC2)n1C1CC1)Nc1ccc2c(c1)C(=O)c1ccccc1C2=O. The molecule has 2 fully saturated rings. The highest BCUT2D eigenvalue weighted by Crippen LogP contribution is 2.41. The molecule has 1 saturated carbocycles. The molecule has 1 aliphatic heterocycles. The van der Waals surface area contributed by atoms with Crippen molar-refractivity contribution < 1.29 is 14.4 Å². The van der Waals surface area contributed by atoms with Gasteiger partial charge in [-0.25, -0.2) is 0 Å². The predicted octanol–water partition coefficient (Wildman–Crippen LogP) is 3.72. The molecule has 0 bridgehead atoms. The summed E-state index contributed by atoms with van der Waals surface area (Å²) >= 11 is 1.37. The average Bonchev–Trinajstić information content (AvgIpc) is 3.37. The number of anilines is 2. The van der Waals surface area contributed by atoms with Crippen LogP contribution in [0.5, 0.6) is 0 Å². The van der Waals surface area contributed by atoms with Crippen LogP contribution in [0.4, 0.5) is 11.6 Å². The maximum Gasteiger partial charge on any atom is 0.234 e. The minimum atomic E-state index is -0.206. The van der Waals surface area contributed by atoms with E-state index < -0.39 is 0 Å². The van der Waals surface area contributed by atoms with Crippen molar-refractivity contribution in [2.24, 2.45) is 0 Å². The van der Waals surface area contributed by atoms with E-state index in [4.69, 9.17) is 0 Å². The van der Waals surface area contributed by atoms with Gasteiger partial charge in [-0.1, -0.05) is 36.0 Å². The van der Waals surface area contributed by atoms with Crippen LogP contribution in [-0.4, -0.2) is 51.1 Å². The highest BCUT2D eigenvalue weighted by atomic mass is 32.2. The molecule has 1 N–H and O–H groups in total. The summed E-state index contributed by atoms with van der Waals surface area (Å²) < 4.78 is 2.18. The molecule has 2 aliphatic carbocycles. The number of hydrogen-bond acceptors (Lipinski definition) is 7. The Balaban J connectivity index is 1.16. The summed E-state index contributed by atoms with van der Waals surface area (Å²) in [5.41, 5.74) is 1.99. The Kier molecular flexibility index (Phi) is 5.21. The number of nitrogens with zero attached hydrogens (tertiary/aromatic N) is 4. The second-order valence-electron chi connectivity index (χ2n) is 8.88. The van der Waals surface area contributed by atoms with E-state index in [1.54, 1.807) is 42.5 Å². The van der Waals surface area contributed by atoms with E-state index in [2.05, 4.69) is 25.0 Å². The molecule has 1 saturated heterocycles. The molecule has 2 aromatic carbocycles. The fourth-order valence-electron chi connectivity index (χ4n) is 4.66. The van der Waals surface area contributed by atoms with Crippen LogP contribution in [0, 0.1) is 0 Å². The van der Waals surface area contributed by atoms with Crippen LogP contribution in [0.1, 0.15) is 63.6 Å². The molecule has 1 amide bonds. The van der Waals surface area contributed by atoms with E-state index in [9.17, 15) is 14.4 Å². The number of amides is 1. The summed E-state index contributed by atoms with van der Waals surface area (Å²) in [5.74, 6) is 0.515. The number of carbonyl (C=O) groups is 3. The fraction of sp³-hybridized carbons (Fsp3) is 0.320. The number of benzene rings is 2. The van der Waals surface area contributed by atoms with Gasteiger partial charge < -0.3 is 10.2 Å². The smallest absolute Gasteiger partial charge is 0.234 e. The minimum Gasteiger partial charge on any atom is -0.341 e. The molecular weight excluding hydrogens is 450 g/mol. The van der Waals surface area contributed by atoms with E-state index in [0.29, 0.717) is 34.0 Å². The monoisotopic (exact) mass is 473 g/mol. The molecule has 8 nitrogen and oxygen atoms in total. The second-order valence-corrected chi connectivity index (χ2v) is 9.82. The first-order valence-electron chi connectivity index (χ1n) is 11.5. The number of fused-ring (bicyclic) bond motifs is 2. The van der Waals surface area contributed by atoms with E-state index in [1.165, 1.54) is 24.6 Å². The standard InChI is InChI=1S/C25H23N5O3S/c31-21(14-34-25-28-27-24(29-11-3-4-12-29)30(25)16-8-9-16)26-15-7-10-19-20(13-15)23(33)18-6-2-1-5-17(18)22(19)32/h1-2,5-7,10,13,16H,3-4,8-9,11-12,14H2,(H,26,31). The number of rotatable bonds is 6. The molecule has 172 valence electrons. The maximum atomic E-state index is 12.9. The van der Waals surface area contributed by atoms with E-state index >= 15 is 0 Å². The Labute approximate surface area is 200 Å².